The second-order valence-corrected chi connectivity index (χ2v) is 5.19. The summed E-state index contributed by atoms with van der Waals surface area (Å²) in [7, 11) is 0. The molecule has 2 aliphatic carbocycles. The summed E-state index contributed by atoms with van der Waals surface area (Å²) in [5.74, 6) is 0.206. The SMILES string of the molecule is O=C(O)CCN(C(=O)c1n[nH]c(C2CC2)n1)C1CC1. The zero-order valence-electron chi connectivity index (χ0n) is 10.5. The monoisotopic (exact) mass is 264 g/mol. The lowest BCUT2D eigenvalue weighted by Gasteiger charge is -2.19. The Morgan fingerprint density at radius 3 is 2.63 bits per heavy atom. The number of amides is 1. The van der Waals surface area contributed by atoms with Crippen molar-refractivity contribution < 1.29 is 14.7 Å². The van der Waals surface area contributed by atoms with Crippen LogP contribution in [0.15, 0.2) is 0 Å². The molecule has 0 radical (unpaired) electrons. The average molecular weight is 264 g/mol. The molecule has 0 unspecified atom stereocenters. The molecule has 0 atom stereocenters. The van der Waals surface area contributed by atoms with E-state index in [1.807, 2.05) is 0 Å². The van der Waals surface area contributed by atoms with Crippen LogP contribution in [0.3, 0.4) is 0 Å². The maximum atomic E-state index is 12.3. The molecule has 2 saturated carbocycles. The summed E-state index contributed by atoms with van der Waals surface area (Å²) >= 11 is 0. The highest BCUT2D eigenvalue weighted by Gasteiger charge is 2.35. The standard InChI is InChI=1S/C12H16N4O3/c17-9(18)5-6-16(8-3-4-8)12(19)11-13-10(14-15-11)7-1-2-7/h7-8H,1-6H2,(H,17,18)(H,13,14,15). The summed E-state index contributed by atoms with van der Waals surface area (Å²) in [6.07, 6.45) is 4.01. The lowest BCUT2D eigenvalue weighted by atomic mass is 10.3. The van der Waals surface area contributed by atoms with Gasteiger partial charge in [0.1, 0.15) is 5.82 Å². The van der Waals surface area contributed by atoms with Crippen LogP contribution < -0.4 is 0 Å². The molecule has 1 aromatic rings. The van der Waals surface area contributed by atoms with Crippen LogP contribution in [-0.2, 0) is 4.79 Å². The molecule has 19 heavy (non-hydrogen) atoms. The Balaban J connectivity index is 1.69. The predicted octanol–water partition coefficient (Wildman–Crippen LogP) is 0.761. The minimum absolute atomic E-state index is 0.0395. The number of carboxylic acids is 1. The van der Waals surface area contributed by atoms with Crippen molar-refractivity contribution in [3.8, 4) is 0 Å². The number of aliphatic carboxylic acids is 1. The van der Waals surface area contributed by atoms with E-state index in [9.17, 15) is 9.59 Å². The molecule has 2 aliphatic rings. The normalized spacial score (nSPS) is 18.3. The number of carbonyl (C=O) groups is 2. The van der Waals surface area contributed by atoms with E-state index in [-0.39, 0.29) is 30.7 Å². The lowest BCUT2D eigenvalue weighted by molar-refractivity contribution is -0.137. The number of H-pyrrole nitrogens is 1. The molecular formula is C12H16N4O3. The first-order valence-corrected chi connectivity index (χ1v) is 6.60. The van der Waals surface area contributed by atoms with Crippen molar-refractivity contribution in [2.75, 3.05) is 6.54 Å². The van der Waals surface area contributed by atoms with E-state index in [0.717, 1.165) is 31.5 Å². The van der Waals surface area contributed by atoms with Crippen LogP contribution in [0.25, 0.3) is 0 Å². The first-order chi connectivity index (χ1) is 9.15. The molecule has 1 heterocycles. The molecular weight excluding hydrogens is 248 g/mol. The van der Waals surface area contributed by atoms with Gasteiger partial charge in [0.25, 0.3) is 5.91 Å². The Bertz CT molecular complexity index is 505. The van der Waals surface area contributed by atoms with Crippen molar-refractivity contribution in [1.82, 2.24) is 20.1 Å². The number of hydrogen-bond acceptors (Lipinski definition) is 4. The van der Waals surface area contributed by atoms with E-state index in [1.165, 1.54) is 0 Å². The van der Waals surface area contributed by atoms with Crippen LogP contribution in [-0.4, -0.2) is 49.7 Å². The zero-order chi connectivity index (χ0) is 13.4. The highest BCUT2D eigenvalue weighted by Crippen LogP contribution is 2.38. The minimum atomic E-state index is -0.896. The van der Waals surface area contributed by atoms with Crippen LogP contribution >= 0.6 is 0 Å². The Morgan fingerprint density at radius 1 is 1.32 bits per heavy atom. The minimum Gasteiger partial charge on any atom is -0.481 e. The van der Waals surface area contributed by atoms with E-state index >= 15 is 0 Å². The van der Waals surface area contributed by atoms with Gasteiger partial charge in [-0.3, -0.25) is 14.7 Å². The van der Waals surface area contributed by atoms with Gasteiger partial charge in [0, 0.05) is 18.5 Å². The van der Waals surface area contributed by atoms with Crippen LogP contribution in [0.1, 0.15) is 54.5 Å². The van der Waals surface area contributed by atoms with Crippen molar-refractivity contribution in [3.05, 3.63) is 11.6 Å². The van der Waals surface area contributed by atoms with Gasteiger partial charge in [-0.25, -0.2) is 4.98 Å². The van der Waals surface area contributed by atoms with Gasteiger partial charge in [-0.2, -0.15) is 0 Å². The van der Waals surface area contributed by atoms with E-state index in [0.29, 0.717) is 5.92 Å². The Kier molecular flexibility index (Phi) is 2.96. The summed E-state index contributed by atoms with van der Waals surface area (Å²) in [4.78, 5) is 28.7. The van der Waals surface area contributed by atoms with Crippen molar-refractivity contribution in [3.63, 3.8) is 0 Å². The number of rotatable bonds is 6. The third-order valence-electron chi connectivity index (χ3n) is 3.47. The first kappa shape index (κ1) is 12.1. The second kappa shape index (κ2) is 4.64. The number of nitrogens with zero attached hydrogens (tertiary/aromatic N) is 3. The van der Waals surface area contributed by atoms with Gasteiger partial charge in [0.05, 0.1) is 6.42 Å². The Morgan fingerprint density at radius 2 is 2.05 bits per heavy atom. The van der Waals surface area contributed by atoms with Crippen molar-refractivity contribution in [2.45, 2.75) is 44.1 Å². The lowest BCUT2D eigenvalue weighted by Crippen LogP contribution is -2.35. The van der Waals surface area contributed by atoms with Gasteiger partial charge in [-0.1, -0.05) is 0 Å². The molecule has 2 fully saturated rings. The van der Waals surface area contributed by atoms with Gasteiger partial charge in [-0.05, 0) is 25.7 Å². The summed E-state index contributed by atoms with van der Waals surface area (Å²) in [5, 5.41) is 15.5. The molecule has 7 nitrogen and oxygen atoms in total. The van der Waals surface area contributed by atoms with Crippen molar-refractivity contribution >= 4 is 11.9 Å². The van der Waals surface area contributed by atoms with Crippen molar-refractivity contribution in [1.29, 1.82) is 0 Å². The van der Waals surface area contributed by atoms with Crippen LogP contribution in [0.5, 0.6) is 0 Å². The molecule has 0 aliphatic heterocycles. The third-order valence-corrected chi connectivity index (χ3v) is 3.47. The maximum Gasteiger partial charge on any atom is 0.305 e. The molecule has 2 N–H and O–H groups in total. The first-order valence-electron chi connectivity index (χ1n) is 6.60. The smallest absolute Gasteiger partial charge is 0.305 e. The molecule has 3 rings (SSSR count). The Labute approximate surface area is 110 Å². The number of carboxylic acid groups (broad SMARTS) is 1. The maximum absolute atomic E-state index is 12.3. The molecule has 102 valence electrons. The van der Waals surface area contributed by atoms with Gasteiger partial charge < -0.3 is 10.0 Å². The fourth-order valence-electron chi connectivity index (χ4n) is 2.09. The van der Waals surface area contributed by atoms with Crippen LogP contribution in [0.4, 0.5) is 0 Å². The van der Waals surface area contributed by atoms with Crippen LogP contribution in [0, 0.1) is 0 Å². The third kappa shape index (κ3) is 2.74. The van der Waals surface area contributed by atoms with Gasteiger partial charge >= 0.3 is 5.97 Å². The average Bonchev–Trinajstić information content (AvgIpc) is 3.29. The van der Waals surface area contributed by atoms with E-state index in [4.69, 9.17) is 5.11 Å². The highest BCUT2D eigenvalue weighted by molar-refractivity contribution is 5.91. The van der Waals surface area contributed by atoms with Gasteiger partial charge in [0.2, 0.25) is 5.82 Å². The number of aromatic nitrogens is 3. The number of carbonyl (C=O) groups excluding carboxylic acids is 1. The van der Waals surface area contributed by atoms with E-state index in [2.05, 4.69) is 15.2 Å². The summed E-state index contributed by atoms with van der Waals surface area (Å²) in [5.41, 5.74) is 0. The molecule has 1 aromatic heterocycles. The number of nitrogens with one attached hydrogen (secondary N) is 1. The fraction of sp³-hybridized carbons (Fsp3) is 0.667. The molecule has 0 bridgehead atoms. The van der Waals surface area contributed by atoms with Crippen molar-refractivity contribution in [2.24, 2.45) is 0 Å². The summed E-state index contributed by atoms with van der Waals surface area (Å²) in [6, 6.07) is 0.162. The zero-order valence-corrected chi connectivity index (χ0v) is 10.5. The number of aromatic amines is 1. The topological polar surface area (TPSA) is 99.2 Å². The van der Waals surface area contributed by atoms with E-state index in [1.54, 1.807) is 4.90 Å². The second-order valence-electron chi connectivity index (χ2n) is 5.19. The predicted molar refractivity (Wildman–Crippen MR) is 64.7 cm³/mol. The Hall–Kier alpha value is -1.92. The van der Waals surface area contributed by atoms with E-state index < -0.39 is 5.97 Å². The van der Waals surface area contributed by atoms with Gasteiger partial charge in [0.15, 0.2) is 0 Å². The quantitative estimate of drug-likeness (QED) is 0.790. The van der Waals surface area contributed by atoms with Crippen LogP contribution in [0.2, 0.25) is 0 Å². The van der Waals surface area contributed by atoms with Gasteiger partial charge in [-0.15, -0.1) is 5.10 Å². The molecule has 1 amide bonds. The molecule has 0 aromatic carbocycles. The molecule has 0 saturated heterocycles. The molecule has 7 heteroatoms. The summed E-state index contributed by atoms with van der Waals surface area (Å²) < 4.78 is 0. The largest absolute Gasteiger partial charge is 0.481 e. The summed E-state index contributed by atoms with van der Waals surface area (Å²) in [6.45, 7) is 0.228. The number of hydrogen-bond donors (Lipinski definition) is 2. The molecule has 0 spiro atoms. The highest BCUT2D eigenvalue weighted by atomic mass is 16.4. The fourth-order valence-corrected chi connectivity index (χ4v) is 2.09.